The van der Waals surface area contributed by atoms with Crippen LogP contribution in [0.25, 0.3) is 0 Å². The normalized spacial score (nSPS) is 14.9. The standard InChI is InChI=1S/C19H23N5O2/c1-2-15-5-3-4-6-16(15)22-18(25)14-23-9-11-24(12-10-23)19(26)17-13-20-7-8-21-17/h3-8,13H,2,9-12,14H2,1H3,(H,22,25). The van der Waals surface area contributed by atoms with E-state index < -0.39 is 0 Å². The molecule has 0 spiro atoms. The van der Waals surface area contributed by atoms with Crippen molar-refractivity contribution in [1.29, 1.82) is 0 Å². The van der Waals surface area contributed by atoms with Gasteiger partial charge in [-0.15, -0.1) is 0 Å². The van der Waals surface area contributed by atoms with Crippen molar-refractivity contribution < 1.29 is 9.59 Å². The molecule has 1 aliphatic heterocycles. The maximum Gasteiger partial charge on any atom is 0.274 e. The van der Waals surface area contributed by atoms with Gasteiger partial charge < -0.3 is 10.2 Å². The summed E-state index contributed by atoms with van der Waals surface area (Å²) in [6.45, 7) is 4.87. The molecule has 1 saturated heterocycles. The summed E-state index contributed by atoms with van der Waals surface area (Å²) in [5.41, 5.74) is 2.35. The maximum absolute atomic E-state index is 12.4. The first-order chi connectivity index (χ1) is 12.7. The molecule has 0 bridgehead atoms. The van der Waals surface area contributed by atoms with Crippen LogP contribution < -0.4 is 5.32 Å². The van der Waals surface area contributed by atoms with E-state index in [-0.39, 0.29) is 11.8 Å². The van der Waals surface area contributed by atoms with Crippen LogP contribution in [0.4, 0.5) is 5.69 Å². The SMILES string of the molecule is CCc1ccccc1NC(=O)CN1CCN(C(=O)c2cnccn2)CC1. The molecule has 1 aromatic carbocycles. The first kappa shape index (κ1) is 18.0. The molecule has 7 nitrogen and oxygen atoms in total. The number of carbonyl (C=O) groups is 2. The number of nitrogens with zero attached hydrogens (tertiary/aromatic N) is 4. The quantitative estimate of drug-likeness (QED) is 0.880. The van der Waals surface area contributed by atoms with Crippen LogP contribution in [0.5, 0.6) is 0 Å². The van der Waals surface area contributed by atoms with E-state index in [1.54, 1.807) is 11.1 Å². The van der Waals surface area contributed by atoms with E-state index in [0.717, 1.165) is 17.7 Å². The third-order valence-electron chi connectivity index (χ3n) is 4.48. The van der Waals surface area contributed by atoms with Gasteiger partial charge in [-0.25, -0.2) is 4.98 Å². The molecule has 26 heavy (non-hydrogen) atoms. The largest absolute Gasteiger partial charge is 0.335 e. The van der Waals surface area contributed by atoms with E-state index in [2.05, 4.69) is 27.1 Å². The molecule has 0 atom stereocenters. The minimum atomic E-state index is -0.112. The van der Waals surface area contributed by atoms with Crippen LogP contribution in [0.15, 0.2) is 42.9 Å². The summed E-state index contributed by atoms with van der Waals surface area (Å²) in [5.74, 6) is -0.140. The summed E-state index contributed by atoms with van der Waals surface area (Å²) in [6, 6.07) is 7.84. The van der Waals surface area contributed by atoms with Crippen LogP contribution in [-0.4, -0.2) is 64.3 Å². The molecule has 2 amide bonds. The second-order valence-corrected chi connectivity index (χ2v) is 6.22. The summed E-state index contributed by atoms with van der Waals surface area (Å²) >= 11 is 0. The van der Waals surface area contributed by atoms with Crippen LogP contribution in [0, 0.1) is 0 Å². The Morgan fingerprint density at radius 1 is 1.12 bits per heavy atom. The topological polar surface area (TPSA) is 78.4 Å². The number of benzene rings is 1. The second kappa shape index (κ2) is 8.53. The lowest BCUT2D eigenvalue weighted by molar-refractivity contribution is -0.117. The molecule has 0 aliphatic carbocycles. The number of hydrogen-bond donors (Lipinski definition) is 1. The molecule has 0 unspecified atom stereocenters. The number of anilines is 1. The van der Waals surface area contributed by atoms with E-state index in [9.17, 15) is 9.59 Å². The Morgan fingerprint density at radius 3 is 2.58 bits per heavy atom. The van der Waals surface area contributed by atoms with E-state index in [4.69, 9.17) is 0 Å². The van der Waals surface area contributed by atoms with Gasteiger partial charge >= 0.3 is 0 Å². The van der Waals surface area contributed by atoms with E-state index in [1.165, 1.54) is 12.4 Å². The first-order valence-corrected chi connectivity index (χ1v) is 8.82. The highest BCUT2D eigenvalue weighted by atomic mass is 16.2. The molecule has 0 saturated carbocycles. The highest BCUT2D eigenvalue weighted by Gasteiger charge is 2.24. The lowest BCUT2D eigenvalue weighted by Crippen LogP contribution is -2.50. The number of piperazine rings is 1. The number of carbonyl (C=O) groups excluding carboxylic acids is 2. The van der Waals surface area contributed by atoms with Crippen molar-refractivity contribution >= 4 is 17.5 Å². The number of nitrogens with one attached hydrogen (secondary N) is 1. The van der Waals surface area contributed by atoms with E-state index >= 15 is 0 Å². The predicted molar refractivity (Wildman–Crippen MR) is 98.8 cm³/mol. The zero-order valence-electron chi connectivity index (χ0n) is 14.9. The fourth-order valence-electron chi connectivity index (χ4n) is 3.02. The maximum atomic E-state index is 12.4. The minimum absolute atomic E-state index is 0.0281. The van der Waals surface area contributed by atoms with Gasteiger partial charge in [0.15, 0.2) is 0 Å². The van der Waals surface area contributed by atoms with Gasteiger partial charge in [-0.3, -0.25) is 19.5 Å². The van der Waals surface area contributed by atoms with Crippen LogP contribution in [0.1, 0.15) is 23.0 Å². The van der Waals surface area contributed by atoms with Gasteiger partial charge in [-0.1, -0.05) is 25.1 Å². The van der Waals surface area contributed by atoms with Crippen molar-refractivity contribution in [1.82, 2.24) is 19.8 Å². The summed E-state index contributed by atoms with van der Waals surface area (Å²) in [6.07, 6.45) is 5.42. The van der Waals surface area contributed by atoms with Gasteiger partial charge in [-0.05, 0) is 18.1 Å². The zero-order valence-corrected chi connectivity index (χ0v) is 14.9. The summed E-state index contributed by atoms with van der Waals surface area (Å²) < 4.78 is 0. The van der Waals surface area contributed by atoms with Crippen LogP contribution >= 0.6 is 0 Å². The Balaban J connectivity index is 1.49. The molecule has 3 rings (SSSR count). The predicted octanol–water partition coefficient (Wildman–Crippen LogP) is 1.44. The van der Waals surface area contributed by atoms with E-state index in [0.29, 0.717) is 38.4 Å². The minimum Gasteiger partial charge on any atom is -0.335 e. The number of amides is 2. The lowest BCUT2D eigenvalue weighted by Gasteiger charge is -2.34. The van der Waals surface area contributed by atoms with E-state index in [1.807, 2.05) is 24.3 Å². The number of aryl methyl sites for hydroxylation is 1. The van der Waals surface area contributed by atoms with Gasteiger partial charge in [0.1, 0.15) is 5.69 Å². The molecule has 0 radical (unpaired) electrons. The summed E-state index contributed by atoms with van der Waals surface area (Å²) in [5, 5.41) is 2.99. The Hall–Kier alpha value is -2.80. The molecule has 136 valence electrons. The molecule has 1 aromatic heterocycles. The second-order valence-electron chi connectivity index (χ2n) is 6.22. The number of rotatable bonds is 5. The average Bonchev–Trinajstić information content (AvgIpc) is 2.69. The fourth-order valence-corrected chi connectivity index (χ4v) is 3.02. The van der Waals surface area contributed by atoms with Crippen molar-refractivity contribution in [2.24, 2.45) is 0 Å². The summed E-state index contributed by atoms with van der Waals surface area (Å²) in [4.78, 5) is 36.5. The van der Waals surface area contributed by atoms with Gasteiger partial charge in [-0.2, -0.15) is 0 Å². The highest BCUT2D eigenvalue weighted by molar-refractivity contribution is 5.93. The van der Waals surface area contributed by atoms with Crippen molar-refractivity contribution in [2.75, 3.05) is 38.0 Å². The molecule has 7 heteroatoms. The number of para-hydroxylation sites is 1. The molecule has 2 aromatic rings. The monoisotopic (exact) mass is 353 g/mol. The smallest absolute Gasteiger partial charge is 0.274 e. The van der Waals surface area contributed by atoms with Crippen LogP contribution in [-0.2, 0) is 11.2 Å². The van der Waals surface area contributed by atoms with Crippen molar-refractivity contribution in [2.45, 2.75) is 13.3 Å². The Morgan fingerprint density at radius 2 is 1.88 bits per heavy atom. The highest BCUT2D eigenvalue weighted by Crippen LogP contribution is 2.15. The third-order valence-corrected chi connectivity index (χ3v) is 4.48. The zero-order chi connectivity index (χ0) is 18.4. The van der Waals surface area contributed by atoms with Crippen molar-refractivity contribution in [3.05, 3.63) is 54.1 Å². The molecule has 2 heterocycles. The number of aromatic nitrogens is 2. The lowest BCUT2D eigenvalue weighted by atomic mass is 10.1. The van der Waals surface area contributed by atoms with Gasteiger partial charge in [0.05, 0.1) is 12.7 Å². The Labute approximate surface area is 153 Å². The average molecular weight is 353 g/mol. The molecule has 1 N–H and O–H groups in total. The number of hydrogen-bond acceptors (Lipinski definition) is 5. The van der Waals surface area contributed by atoms with Gasteiger partial charge in [0, 0.05) is 44.3 Å². The first-order valence-electron chi connectivity index (χ1n) is 8.82. The molecular formula is C19H23N5O2. The van der Waals surface area contributed by atoms with Crippen LogP contribution in [0.2, 0.25) is 0 Å². The van der Waals surface area contributed by atoms with Crippen molar-refractivity contribution in [3.63, 3.8) is 0 Å². The molecule has 1 fully saturated rings. The van der Waals surface area contributed by atoms with Gasteiger partial charge in [0.25, 0.3) is 5.91 Å². The molecule has 1 aliphatic rings. The van der Waals surface area contributed by atoms with Gasteiger partial charge in [0.2, 0.25) is 5.91 Å². The Kier molecular flexibility index (Phi) is 5.91. The Bertz CT molecular complexity index is 758. The van der Waals surface area contributed by atoms with Crippen LogP contribution in [0.3, 0.4) is 0 Å². The summed E-state index contributed by atoms with van der Waals surface area (Å²) in [7, 11) is 0. The third kappa shape index (κ3) is 4.43. The van der Waals surface area contributed by atoms with Crippen molar-refractivity contribution in [3.8, 4) is 0 Å². The fraction of sp³-hybridized carbons (Fsp3) is 0.368. The molecular weight excluding hydrogens is 330 g/mol.